The van der Waals surface area contributed by atoms with Crippen molar-refractivity contribution in [1.82, 2.24) is 4.90 Å². The highest BCUT2D eigenvalue weighted by molar-refractivity contribution is 5.94. The molecule has 1 aromatic carbocycles. The number of carbonyl (C=O) groups excluding carboxylic acids is 1. The molecule has 0 spiro atoms. The van der Waals surface area contributed by atoms with Crippen molar-refractivity contribution in [2.45, 2.75) is 38.6 Å². The molecule has 1 heterocycles. The second kappa shape index (κ2) is 6.01. The number of carbonyl (C=O) groups is 1. The standard InChI is InChI=1S/C15H21NO2/c1-12-5-7-13(8-6-12)15(18)16-10-3-2-4-14(16)9-11-17/h5-8,14,17H,2-4,9-11H2,1H3/t14-/m0/s1. The molecule has 98 valence electrons. The van der Waals surface area contributed by atoms with Crippen LogP contribution in [0.25, 0.3) is 0 Å². The van der Waals surface area contributed by atoms with Gasteiger partial charge in [-0.3, -0.25) is 4.79 Å². The van der Waals surface area contributed by atoms with Gasteiger partial charge in [0.05, 0.1) is 0 Å². The van der Waals surface area contributed by atoms with Crippen molar-refractivity contribution in [3.05, 3.63) is 35.4 Å². The van der Waals surface area contributed by atoms with Gasteiger partial charge in [-0.2, -0.15) is 0 Å². The normalized spacial score (nSPS) is 19.9. The van der Waals surface area contributed by atoms with Gasteiger partial charge in [-0.05, 0) is 44.7 Å². The molecule has 1 N–H and O–H groups in total. The van der Waals surface area contributed by atoms with Gasteiger partial charge in [0, 0.05) is 24.8 Å². The maximum absolute atomic E-state index is 12.4. The largest absolute Gasteiger partial charge is 0.396 e. The van der Waals surface area contributed by atoms with Gasteiger partial charge in [0.25, 0.3) is 5.91 Å². The minimum Gasteiger partial charge on any atom is -0.396 e. The molecular weight excluding hydrogens is 226 g/mol. The fraction of sp³-hybridized carbons (Fsp3) is 0.533. The first-order chi connectivity index (χ1) is 8.72. The Morgan fingerprint density at radius 3 is 2.72 bits per heavy atom. The molecule has 3 heteroatoms. The van der Waals surface area contributed by atoms with Crippen LogP contribution in [0.3, 0.4) is 0 Å². The van der Waals surface area contributed by atoms with E-state index in [0.717, 1.165) is 36.9 Å². The second-order valence-electron chi connectivity index (χ2n) is 5.03. The van der Waals surface area contributed by atoms with Crippen LogP contribution in [0.15, 0.2) is 24.3 Å². The van der Waals surface area contributed by atoms with Gasteiger partial charge < -0.3 is 10.0 Å². The average molecular weight is 247 g/mol. The van der Waals surface area contributed by atoms with E-state index in [1.165, 1.54) is 0 Å². The molecule has 18 heavy (non-hydrogen) atoms. The molecule has 0 aromatic heterocycles. The van der Waals surface area contributed by atoms with Crippen molar-refractivity contribution in [3.63, 3.8) is 0 Å². The van der Waals surface area contributed by atoms with Crippen LogP contribution in [-0.4, -0.2) is 35.1 Å². The molecule has 3 nitrogen and oxygen atoms in total. The maximum Gasteiger partial charge on any atom is 0.254 e. The highest BCUT2D eigenvalue weighted by Gasteiger charge is 2.26. The van der Waals surface area contributed by atoms with E-state index < -0.39 is 0 Å². The van der Waals surface area contributed by atoms with Crippen molar-refractivity contribution in [2.24, 2.45) is 0 Å². The van der Waals surface area contributed by atoms with Crippen molar-refractivity contribution in [1.29, 1.82) is 0 Å². The number of hydrogen-bond donors (Lipinski definition) is 1. The third kappa shape index (κ3) is 2.91. The third-order valence-corrected chi connectivity index (χ3v) is 3.65. The van der Waals surface area contributed by atoms with Gasteiger partial charge >= 0.3 is 0 Å². The van der Waals surface area contributed by atoms with Gasteiger partial charge in [0.15, 0.2) is 0 Å². The Balaban J connectivity index is 2.12. The molecule has 0 saturated carbocycles. The average Bonchev–Trinajstić information content (AvgIpc) is 2.40. The Hall–Kier alpha value is -1.35. The summed E-state index contributed by atoms with van der Waals surface area (Å²) in [5.74, 6) is 0.105. The number of likely N-dealkylation sites (tertiary alicyclic amines) is 1. The molecular formula is C15H21NO2. The summed E-state index contributed by atoms with van der Waals surface area (Å²) in [7, 11) is 0. The van der Waals surface area contributed by atoms with Gasteiger partial charge in [-0.15, -0.1) is 0 Å². The summed E-state index contributed by atoms with van der Waals surface area (Å²) in [6.45, 7) is 2.99. The lowest BCUT2D eigenvalue weighted by atomic mass is 9.98. The lowest BCUT2D eigenvalue weighted by Gasteiger charge is -2.35. The molecule has 0 bridgehead atoms. The van der Waals surface area contributed by atoms with Crippen molar-refractivity contribution in [3.8, 4) is 0 Å². The number of nitrogens with zero attached hydrogens (tertiary/aromatic N) is 1. The summed E-state index contributed by atoms with van der Waals surface area (Å²) in [4.78, 5) is 14.4. The Morgan fingerprint density at radius 1 is 1.33 bits per heavy atom. The van der Waals surface area contributed by atoms with E-state index in [4.69, 9.17) is 5.11 Å². The number of benzene rings is 1. The van der Waals surface area contributed by atoms with Crippen LogP contribution in [0.4, 0.5) is 0 Å². The summed E-state index contributed by atoms with van der Waals surface area (Å²) in [5.41, 5.74) is 1.92. The zero-order valence-electron chi connectivity index (χ0n) is 10.9. The summed E-state index contributed by atoms with van der Waals surface area (Å²) in [6.07, 6.45) is 3.93. The van der Waals surface area contributed by atoms with Gasteiger partial charge in [-0.25, -0.2) is 0 Å². The minimum absolute atomic E-state index is 0.105. The molecule has 1 fully saturated rings. The van der Waals surface area contributed by atoms with E-state index in [2.05, 4.69) is 0 Å². The van der Waals surface area contributed by atoms with Gasteiger partial charge in [0.1, 0.15) is 0 Å². The van der Waals surface area contributed by atoms with Crippen LogP contribution in [-0.2, 0) is 0 Å². The number of amides is 1. The maximum atomic E-state index is 12.4. The molecule has 1 atom stereocenters. The first kappa shape index (κ1) is 13.1. The molecule has 0 aliphatic carbocycles. The van der Waals surface area contributed by atoms with Crippen LogP contribution in [0, 0.1) is 6.92 Å². The first-order valence-electron chi connectivity index (χ1n) is 6.71. The fourth-order valence-corrected chi connectivity index (χ4v) is 2.58. The monoisotopic (exact) mass is 247 g/mol. The lowest BCUT2D eigenvalue weighted by molar-refractivity contribution is 0.0574. The summed E-state index contributed by atoms with van der Waals surface area (Å²) in [6, 6.07) is 7.93. The summed E-state index contributed by atoms with van der Waals surface area (Å²) < 4.78 is 0. The van der Waals surface area contributed by atoms with Gasteiger partial charge in [0.2, 0.25) is 0 Å². The molecule has 0 unspecified atom stereocenters. The van der Waals surface area contributed by atoms with Crippen LogP contribution in [0.2, 0.25) is 0 Å². The van der Waals surface area contributed by atoms with Crippen molar-refractivity contribution >= 4 is 5.91 Å². The molecule has 2 rings (SSSR count). The zero-order chi connectivity index (χ0) is 13.0. The summed E-state index contributed by atoms with van der Waals surface area (Å²) >= 11 is 0. The molecule has 1 saturated heterocycles. The van der Waals surface area contributed by atoms with Crippen LogP contribution >= 0.6 is 0 Å². The van der Waals surface area contributed by atoms with E-state index in [1.807, 2.05) is 36.1 Å². The number of aryl methyl sites for hydroxylation is 1. The Kier molecular flexibility index (Phi) is 4.37. The Labute approximate surface area is 108 Å². The van der Waals surface area contributed by atoms with E-state index in [1.54, 1.807) is 0 Å². The second-order valence-corrected chi connectivity index (χ2v) is 5.03. The molecule has 1 amide bonds. The zero-order valence-corrected chi connectivity index (χ0v) is 10.9. The molecule has 1 aliphatic heterocycles. The number of aliphatic hydroxyl groups is 1. The number of aliphatic hydroxyl groups excluding tert-OH is 1. The summed E-state index contributed by atoms with van der Waals surface area (Å²) in [5, 5.41) is 9.09. The topological polar surface area (TPSA) is 40.5 Å². The van der Waals surface area contributed by atoms with Crippen molar-refractivity contribution < 1.29 is 9.90 Å². The minimum atomic E-state index is 0.105. The van der Waals surface area contributed by atoms with Crippen molar-refractivity contribution in [2.75, 3.05) is 13.2 Å². The molecule has 1 aromatic rings. The third-order valence-electron chi connectivity index (χ3n) is 3.65. The predicted octanol–water partition coefficient (Wildman–Crippen LogP) is 2.37. The van der Waals surface area contributed by atoms with Gasteiger partial charge in [-0.1, -0.05) is 17.7 Å². The van der Waals surface area contributed by atoms with Crippen LogP contribution in [0.1, 0.15) is 41.6 Å². The SMILES string of the molecule is Cc1ccc(C(=O)N2CCCC[C@H]2CCO)cc1. The highest BCUT2D eigenvalue weighted by atomic mass is 16.3. The Bertz CT molecular complexity index is 397. The van der Waals surface area contributed by atoms with E-state index in [9.17, 15) is 4.79 Å². The molecule has 0 radical (unpaired) electrons. The fourth-order valence-electron chi connectivity index (χ4n) is 2.58. The van der Waals surface area contributed by atoms with Crippen LogP contribution < -0.4 is 0 Å². The predicted molar refractivity (Wildman–Crippen MR) is 71.6 cm³/mol. The number of piperidine rings is 1. The van der Waals surface area contributed by atoms with E-state index >= 15 is 0 Å². The lowest BCUT2D eigenvalue weighted by Crippen LogP contribution is -2.44. The quantitative estimate of drug-likeness (QED) is 0.891. The Morgan fingerprint density at radius 2 is 2.06 bits per heavy atom. The first-order valence-corrected chi connectivity index (χ1v) is 6.71. The molecule has 1 aliphatic rings. The van der Waals surface area contributed by atoms with E-state index in [0.29, 0.717) is 6.42 Å². The number of hydrogen-bond acceptors (Lipinski definition) is 2. The number of rotatable bonds is 3. The van der Waals surface area contributed by atoms with Crippen LogP contribution in [0.5, 0.6) is 0 Å². The van der Waals surface area contributed by atoms with E-state index in [-0.39, 0.29) is 18.6 Å². The smallest absolute Gasteiger partial charge is 0.254 e. The highest BCUT2D eigenvalue weighted by Crippen LogP contribution is 2.21.